The van der Waals surface area contributed by atoms with Crippen LogP contribution >= 0.6 is 0 Å². The van der Waals surface area contributed by atoms with Crippen LogP contribution in [0.2, 0.25) is 0 Å². The van der Waals surface area contributed by atoms with E-state index in [2.05, 4.69) is 65.6 Å². The van der Waals surface area contributed by atoms with Gasteiger partial charge in [0.05, 0.1) is 0 Å². The summed E-state index contributed by atoms with van der Waals surface area (Å²) in [6.45, 7) is 2.07. The van der Waals surface area contributed by atoms with Crippen molar-refractivity contribution in [3.8, 4) is 0 Å². The Bertz CT molecular complexity index is 524. The summed E-state index contributed by atoms with van der Waals surface area (Å²) >= 11 is 0. The van der Waals surface area contributed by atoms with Gasteiger partial charge >= 0.3 is 0 Å². The Morgan fingerprint density at radius 3 is 2.25 bits per heavy atom. The van der Waals surface area contributed by atoms with Crippen molar-refractivity contribution < 1.29 is 0 Å². The minimum Gasteiger partial charge on any atom is -0.370 e. The lowest BCUT2D eigenvalue weighted by atomic mass is 9.89. The van der Waals surface area contributed by atoms with Crippen LogP contribution in [0.3, 0.4) is 0 Å². The van der Waals surface area contributed by atoms with E-state index >= 15 is 0 Å². The highest BCUT2D eigenvalue weighted by atomic mass is 15.2. The Morgan fingerprint density at radius 2 is 1.55 bits per heavy atom. The first-order valence-corrected chi connectivity index (χ1v) is 7.41. The van der Waals surface area contributed by atoms with Gasteiger partial charge in [0, 0.05) is 24.8 Å². The Balaban J connectivity index is 1.70. The van der Waals surface area contributed by atoms with Crippen LogP contribution in [0, 0.1) is 5.92 Å². The molecular formula is C18H22N2. The average Bonchev–Trinajstić information content (AvgIpc) is 2.49. The van der Waals surface area contributed by atoms with Gasteiger partial charge in [-0.15, -0.1) is 0 Å². The number of nitrogens with zero attached hydrogens (tertiary/aromatic N) is 1. The van der Waals surface area contributed by atoms with E-state index in [1.165, 1.54) is 11.3 Å². The zero-order chi connectivity index (χ0) is 13.8. The zero-order valence-corrected chi connectivity index (χ0v) is 11.8. The summed E-state index contributed by atoms with van der Waals surface area (Å²) in [6.07, 6.45) is 2.25. The second-order valence-corrected chi connectivity index (χ2v) is 5.79. The van der Waals surface area contributed by atoms with Gasteiger partial charge in [-0.3, -0.25) is 0 Å². The Kier molecular flexibility index (Phi) is 4.03. The molecule has 2 N–H and O–H groups in total. The number of para-hydroxylation sites is 1. The third-order valence-corrected chi connectivity index (χ3v) is 4.06. The molecule has 104 valence electrons. The number of nitrogens with two attached hydrogens (primary N) is 1. The molecule has 0 radical (unpaired) electrons. The average molecular weight is 266 g/mol. The molecule has 0 aromatic heterocycles. The normalized spacial score (nSPS) is 22.8. The molecule has 2 aromatic carbocycles. The van der Waals surface area contributed by atoms with Crippen LogP contribution in [-0.2, 0) is 6.42 Å². The second kappa shape index (κ2) is 6.10. The molecule has 2 unspecified atom stereocenters. The molecule has 0 saturated carbocycles. The molecule has 2 atom stereocenters. The third kappa shape index (κ3) is 3.20. The molecule has 1 fully saturated rings. The van der Waals surface area contributed by atoms with E-state index in [4.69, 9.17) is 5.73 Å². The van der Waals surface area contributed by atoms with Gasteiger partial charge < -0.3 is 10.6 Å². The van der Waals surface area contributed by atoms with Gasteiger partial charge in [0.15, 0.2) is 0 Å². The highest BCUT2D eigenvalue weighted by molar-refractivity contribution is 5.46. The van der Waals surface area contributed by atoms with E-state index in [0.29, 0.717) is 5.92 Å². The largest absolute Gasteiger partial charge is 0.370 e. The second-order valence-electron chi connectivity index (χ2n) is 5.79. The fraction of sp³-hybridized carbons (Fsp3) is 0.333. The van der Waals surface area contributed by atoms with Crippen molar-refractivity contribution in [2.24, 2.45) is 11.7 Å². The molecule has 0 bridgehead atoms. The number of anilines is 1. The van der Waals surface area contributed by atoms with Crippen LogP contribution in [0.4, 0.5) is 5.69 Å². The zero-order valence-electron chi connectivity index (χ0n) is 11.8. The van der Waals surface area contributed by atoms with Gasteiger partial charge in [-0.1, -0.05) is 48.5 Å². The summed E-state index contributed by atoms with van der Waals surface area (Å²) in [5.74, 6) is 0.640. The summed E-state index contributed by atoms with van der Waals surface area (Å²) in [4.78, 5) is 2.43. The first-order chi connectivity index (χ1) is 9.81. The van der Waals surface area contributed by atoms with Gasteiger partial charge in [0.25, 0.3) is 0 Å². The first kappa shape index (κ1) is 13.2. The quantitative estimate of drug-likeness (QED) is 0.925. The highest BCUT2D eigenvalue weighted by Crippen LogP contribution is 2.24. The molecule has 0 amide bonds. The molecule has 1 heterocycles. The maximum Gasteiger partial charge on any atom is 0.0366 e. The van der Waals surface area contributed by atoms with Crippen molar-refractivity contribution in [1.29, 1.82) is 0 Å². The predicted molar refractivity (Wildman–Crippen MR) is 84.9 cm³/mol. The number of benzene rings is 2. The Morgan fingerprint density at radius 1 is 0.900 bits per heavy atom. The first-order valence-electron chi connectivity index (χ1n) is 7.41. The lowest BCUT2D eigenvalue weighted by molar-refractivity contribution is 0.374. The van der Waals surface area contributed by atoms with Crippen LogP contribution in [0.25, 0.3) is 0 Å². The van der Waals surface area contributed by atoms with E-state index in [9.17, 15) is 0 Å². The van der Waals surface area contributed by atoms with Crippen molar-refractivity contribution in [1.82, 2.24) is 0 Å². The summed E-state index contributed by atoms with van der Waals surface area (Å²) < 4.78 is 0. The number of hydrogen-bond acceptors (Lipinski definition) is 2. The summed E-state index contributed by atoms with van der Waals surface area (Å²) in [5, 5.41) is 0. The molecule has 1 aliphatic rings. The fourth-order valence-corrected chi connectivity index (χ4v) is 3.19. The maximum atomic E-state index is 6.26. The Hall–Kier alpha value is -1.80. The van der Waals surface area contributed by atoms with Gasteiger partial charge in [-0.25, -0.2) is 0 Å². The standard InChI is InChI=1S/C18H22N2/c19-17-12-16(11-15-7-3-1-4-8-15)13-20(14-17)18-9-5-2-6-10-18/h1-10,16-17H,11-14,19H2. The monoisotopic (exact) mass is 266 g/mol. The van der Waals surface area contributed by atoms with Crippen molar-refractivity contribution in [3.63, 3.8) is 0 Å². The number of hydrogen-bond donors (Lipinski definition) is 1. The SMILES string of the molecule is NC1CC(Cc2ccccc2)CN(c2ccccc2)C1. The number of rotatable bonds is 3. The maximum absolute atomic E-state index is 6.26. The van der Waals surface area contributed by atoms with E-state index in [1.54, 1.807) is 0 Å². The summed E-state index contributed by atoms with van der Waals surface area (Å²) in [7, 11) is 0. The third-order valence-electron chi connectivity index (χ3n) is 4.06. The topological polar surface area (TPSA) is 29.3 Å². The summed E-state index contributed by atoms with van der Waals surface area (Å²) in [5.41, 5.74) is 8.97. The van der Waals surface area contributed by atoms with Crippen molar-refractivity contribution >= 4 is 5.69 Å². The molecular weight excluding hydrogens is 244 g/mol. The minimum atomic E-state index is 0.276. The molecule has 2 nitrogen and oxygen atoms in total. The fourth-order valence-electron chi connectivity index (χ4n) is 3.19. The molecule has 1 aliphatic heterocycles. The highest BCUT2D eigenvalue weighted by Gasteiger charge is 2.25. The molecule has 2 heteroatoms. The van der Waals surface area contributed by atoms with E-state index in [-0.39, 0.29) is 6.04 Å². The smallest absolute Gasteiger partial charge is 0.0366 e. The lowest BCUT2D eigenvalue weighted by Crippen LogP contribution is -2.47. The molecule has 1 saturated heterocycles. The van der Waals surface area contributed by atoms with Crippen molar-refractivity contribution in [3.05, 3.63) is 66.2 Å². The van der Waals surface area contributed by atoms with Gasteiger partial charge in [-0.05, 0) is 36.5 Å². The molecule has 0 spiro atoms. The van der Waals surface area contributed by atoms with Crippen LogP contribution in [0.5, 0.6) is 0 Å². The van der Waals surface area contributed by atoms with Crippen LogP contribution < -0.4 is 10.6 Å². The van der Waals surface area contributed by atoms with Gasteiger partial charge in [0.2, 0.25) is 0 Å². The van der Waals surface area contributed by atoms with Gasteiger partial charge in [-0.2, -0.15) is 0 Å². The predicted octanol–water partition coefficient (Wildman–Crippen LogP) is 3.08. The van der Waals surface area contributed by atoms with E-state index in [0.717, 1.165) is 25.9 Å². The summed E-state index contributed by atoms with van der Waals surface area (Å²) in [6, 6.07) is 21.6. The molecule has 20 heavy (non-hydrogen) atoms. The van der Waals surface area contributed by atoms with Crippen LogP contribution in [0.15, 0.2) is 60.7 Å². The lowest BCUT2D eigenvalue weighted by Gasteiger charge is -2.38. The molecule has 2 aromatic rings. The minimum absolute atomic E-state index is 0.276. The van der Waals surface area contributed by atoms with Crippen molar-refractivity contribution in [2.45, 2.75) is 18.9 Å². The Labute approximate surface area is 121 Å². The van der Waals surface area contributed by atoms with Crippen molar-refractivity contribution in [2.75, 3.05) is 18.0 Å². The van der Waals surface area contributed by atoms with Gasteiger partial charge in [0.1, 0.15) is 0 Å². The van der Waals surface area contributed by atoms with Crippen LogP contribution in [-0.4, -0.2) is 19.1 Å². The molecule has 3 rings (SSSR count). The molecule has 0 aliphatic carbocycles. The van der Waals surface area contributed by atoms with E-state index in [1.807, 2.05) is 0 Å². The van der Waals surface area contributed by atoms with E-state index < -0.39 is 0 Å². The van der Waals surface area contributed by atoms with Crippen LogP contribution in [0.1, 0.15) is 12.0 Å². The number of piperidine rings is 1.